The zero-order valence-electron chi connectivity index (χ0n) is 20.5. The molecule has 14 heteroatoms. The molecule has 0 aliphatic carbocycles. The van der Waals surface area contributed by atoms with E-state index in [9.17, 15) is 24.0 Å². The number of nitrogens with two attached hydrogens (primary N) is 1. The second kappa shape index (κ2) is 10.4. The zero-order chi connectivity index (χ0) is 28.0. The molecule has 11 nitrogen and oxygen atoms in total. The van der Waals surface area contributed by atoms with Crippen LogP contribution in [0.5, 0.6) is 11.5 Å². The molecule has 1 aromatic heterocycles. The van der Waals surface area contributed by atoms with Crippen LogP contribution in [0.3, 0.4) is 0 Å². The van der Waals surface area contributed by atoms with Gasteiger partial charge in [0.05, 0.1) is 25.2 Å². The van der Waals surface area contributed by atoms with Crippen LogP contribution in [0.15, 0.2) is 52.3 Å². The Bertz CT molecular complexity index is 1570. The smallest absolute Gasteiger partial charge is 0.328 e. The minimum Gasteiger partial charge on any atom is -0.493 e. The highest BCUT2D eigenvalue weighted by atomic mass is 35.5. The Balaban J connectivity index is 1.59. The van der Waals surface area contributed by atoms with Gasteiger partial charge in [-0.3, -0.25) is 23.7 Å². The lowest BCUT2D eigenvalue weighted by molar-refractivity contribution is -0.135. The van der Waals surface area contributed by atoms with Gasteiger partial charge < -0.3 is 20.5 Å². The van der Waals surface area contributed by atoms with Gasteiger partial charge in [0.25, 0.3) is 5.91 Å². The fraction of sp³-hybridized carbons (Fsp3) is 0.240. The Morgan fingerprint density at radius 3 is 2.36 bits per heavy atom. The molecule has 2 aliphatic heterocycles. The van der Waals surface area contributed by atoms with Crippen LogP contribution in [0.2, 0.25) is 5.02 Å². The minimum atomic E-state index is -1.17. The van der Waals surface area contributed by atoms with E-state index in [-0.39, 0.29) is 6.54 Å². The third kappa shape index (κ3) is 4.66. The van der Waals surface area contributed by atoms with E-state index in [0.717, 1.165) is 23.1 Å². The number of ether oxygens (including phenoxy) is 2. The molecule has 1 saturated heterocycles. The number of carbonyl (C=O) groups is 4. The normalized spacial score (nSPS) is 19.9. The maximum Gasteiger partial charge on any atom is 0.328 e. The Hall–Kier alpha value is -3.81. The number of nitrogens with one attached hydrogen (secondary N) is 1. The maximum atomic E-state index is 13.3. The van der Waals surface area contributed by atoms with Crippen molar-refractivity contribution in [2.45, 2.75) is 22.7 Å². The lowest BCUT2D eigenvalue weighted by Gasteiger charge is -2.31. The summed E-state index contributed by atoms with van der Waals surface area (Å²) in [6.07, 6.45) is 0. The molecular weight excluding hydrogens is 568 g/mol. The van der Waals surface area contributed by atoms with Gasteiger partial charge in [0.1, 0.15) is 11.8 Å². The number of benzene rings is 2. The fourth-order valence-electron chi connectivity index (χ4n) is 4.76. The minimum absolute atomic E-state index is 0.335. The summed E-state index contributed by atoms with van der Waals surface area (Å²) in [5, 5.41) is 2.55. The van der Waals surface area contributed by atoms with E-state index in [2.05, 4.69) is 5.32 Å². The van der Waals surface area contributed by atoms with Gasteiger partial charge in [0.15, 0.2) is 11.5 Å². The van der Waals surface area contributed by atoms with Crippen molar-refractivity contribution in [3.8, 4) is 11.5 Å². The highest BCUT2D eigenvalue weighted by Crippen LogP contribution is 2.54. The molecule has 3 aromatic rings. The average molecular weight is 589 g/mol. The van der Waals surface area contributed by atoms with Crippen molar-refractivity contribution < 1.29 is 28.7 Å². The number of carbonyl (C=O) groups excluding carboxylic acids is 4. The van der Waals surface area contributed by atoms with E-state index in [1.165, 1.54) is 18.8 Å². The lowest BCUT2D eigenvalue weighted by Crippen LogP contribution is -2.41. The number of primary amides is 1. The number of hydrogen-bond acceptors (Lipinski definition) is 9. The molecule has 2 aromatic carbocycles. The molecule has 39 heavy (non-hydrogen) atoms. The SMILES string of the molecule is COc1ccc([C@@H]2c3sc(=O)n(CC(=O)Nc4ccc(Cl)cc4)c3S[C@@H]3C(=O)N(C(N)=O)C(=O)[C@H]23)cc1OC. The molecule has 5 amide bonds. The van der Waals surface area contributed by atoms with E-state index in [0.29, 0.717) is 42.6 Å². The van der Waals surface area contributed by atoms with Gasteiger partial charge in [0.2, 0.25) is 11.8 Å². The fourth-order valence-corrected chi connectivity index (χ4v) is 7.65. The summed E-state index contributed by atoms with van der Waals surface area (Å²) in [7, 11) is 2.94. The van der Waals surface area contributed by atoms with Gasteiger partial charge in [0, 0.05) is 21.5 Å². The predicted molar refractivity (Wildman–Crippen MR) is 145 cm³/mol. The molecule has 2 aliphatic rings. The number of methoxy groups -OCH3 is 2. The largest absolute Gasteiger partial charge is 0.493 e. The number of hydrogen-bond donors (Lipinski definition) is 2. The Kier molecular flexibility index (Phi) is 7.14. The molecule has 3 heterocycles. The van der Waals surface area contributed by atoms with E-state index < -0.39 is 45.7 Å². The zero-order valence-corrected chi connectivity index (χ0v) is 22.9. The number of imide groups is 3. The van der Waals surface area contributed by atoms with Crippen LogP contribution in [-0.4, -0.2) is 52.7 Å². The maximum absolute atomic E-state index is 13.3. The first-order chi connectivity index (χ1) is 18.6. The highest BCUT2D eigenvalue weighted by Gasteiger charge is 2.58. The number of amides is 5. The van der Waals surface area contributed by atoms with Crippen LogP contribution in [0.1, 0.15) is 16.4 Å². The first-order valence-corrected chi connectivity index (χ1v) is 13.6. The Morgan fingerprint density at radius 2 is 1.72 bits per heavy atom. The molecule has 0 unspecified atom stereocenters. The molecule has 202 valence electrons. The molecule has 0 saturated carbocycles. The second-order valence-corrected chi connectivity index (χ2v) is 11.2. The second-order valence-electron chi connectivity index (χ2n) is 8.69. The summed E-state index contributed by atoms with van der Waals surface area (Å²) in [5.74, 6) is -2.96. The first kappa shape index (κ1) is 26.8. The summed E-state index contributed by atoms with van der Waals surface area (Å²) >= 11 is 7.75. The molecule has 5 rings (SSSR count). The van der Waals surface area contributed by atoms with Gasteiger partial charge >= 0.3 is 10.9 Å². The highest BCUT2D eigenvalue weighted by molar-refractivity contribution is 8.00. The van der Waals surface area contributed by atoms with Crippen molar-refractivity contribution in [1.82, 2.24) is 9.47 Å². The number of nitrogens with zero attached hydrogens (tertiary/aromatic N) is 2. The monoisotopic (exact) mass is 588 g/mol. The number of thiazole rings is 1. The quantitative estimate of drug-likeness (QED) is 0.417. The Morgan fingerprint density at radius 1 is 1.03 bits per heavy atom. The number of thioether (sulfide) groups is 1. The number of urea groups is 1. The average Bonchev–Trinajstić information content (AvgIpc) is 3.35. The standard InChI is InChI=1S/C25H21ClN4O7S2/c1-36-14-8-3-11(9-15(14)37-2)17-18-19(22(33)30(21(18)32)24(27)34)38-23-20(17)39-25(35)29(23)10-16(31)28-13-6-4-12(26)5-7-13/h3-9,17-19H,10H2,1-2H3,(H2,27,34)(H,28,31)/t17-,18+,19-/m0/s1. The van der Waals surface area contributed by atoms with Crippen LogP contribution in [0, 0.1) is 5.92 Å². The summed E-state index contributed by atoms with van der Waals surface area (Å²) in [4.78, 5) is 65.1. The number of aromatic nitrogens is 1. The van der Waals surface area contributed by atoms with Gasteiger partial charge in [-0.05, 0) is 42.0 Å². The lowest BCUT2D eigenvalue weighted by atomic mass is 9.83. The summed E-state index contributed by atoms with van der Waals surface area (Å²) in [6.45, 7) is -0.335. The molecule has 0 radical (unpaired) electrons. The number of rotatable bonds is 6. The van der Waals surface area contributed by atoms with Crippen molar-refractivity contribution in [3.63, 3.8) is 0 Å². The summed E-state index contributed by atoms with van der Waals surface area (Å²) < 4.78 is 12.0. The van der Waals surface area contributed by atoms with Gasteiger partial charge in [-0.15, -0.1) is 0 Å². The van der Waals surface area contributed by atoms with Crippen molar-refractivity contribution in [1.29, 1.82) is 0 Å². The van der Waals surface area contributed by atoms with Crippen molar-refractivity contribution >= 4 is 64.1 Å². The number of likely N-dealkylation sites (tertiary alicyclic amines) is 1. The third-order valence-electron chi connectivity index (χ3n) is 6.47. The van der Waals surface area contributed by atoms with E-state index >= 15 is 0 Å². The van der Waals surface area contributed by atoms with E-state index in [1.807, 2.05) is 0 Å². The van der Waals surface area contributed by atoms with Crippen LogP contribution in [-0.2, 0) is 20.9 Å². The summed E-state index contributed by atoms with van der Waals surface area (Å²) in [5.41, 5.74) is 6.43. The first-order valence-electron chi connectivity index (χ1n) is 11.5. The van der Waals surface area contributed by atoms with E-state index in [4.69, 9.17) is 26.8 Å². The van der Waals surface area contributed by atoms with Crippen molar-refractivity contribution in [2.75, 3.05) is 19.5 Å². The summed E-state index contributed by atoms with van der Waals surface area (Å²) in [6, 6.07) is 10.3. The topological polar surface area (TPSA) is 150 Å². The number of fused-ring (bicyclic) bond motifs is 2. The molecule has 3 N–H and O–H groups in total. The molecular formula is C25H21ClN4O7S2. The van der Waals surface area contributed by atoms with Crippen LogP contribution in [0.4, 0.5) is 10.5 Å². The molecule has 0 bridgehead atoms. The molecule has 1 fully saturated rings. The van der Waals surface area contributed by atoms with Crippen LogP contribution in [0.25, 0.3) is 0 Å². The third-order valence-corrected chi connectivity index (χ3v) is 9.32. The Labute approximate surface area is 234 Å². The van der Waals surface area contributed by atoms with Gasteiger partial charge in [-0.25, -0.2) is 4.79 Å². The molecule has 3 atom stereocenters. The van der Waals surface area contributed by atoms with Gasteiger partial charge in [-0.2, -0.15) is 4.90 Å². The molecule has 0 spiro atoms. The van der Waals surface area contributed by atoms with Crippen molar-refractivity contribution in [2.24, 2.45) is 11.7 Å². The van der Waals surface area contributed by atoms with Gasteiger partial charge in [-0.1, -0.05) is 40.8 Å². The van der Waals surface area contributed by atoms with Crippen LogP contribution < -0.4 is 25.4 Å². The predicted octanol–water partition coefficient (Wildman–Crippen LogP) is 2.89. The van der Waals surface area contributed by atoms with Crippen molar-refractivity contribution in [3.05, 3.63) is 67.6 Å². The number of anilines is 1. The van der Waals surface area contributed by atoms with Crippen LogP contribution >= 0.6 is 34.7 Å². The van der Waals surface area contributed by atoms with E-state index in [1.54, 1.807) is 42.5 Å². The number of halogens is 1.